The quantitative estimate of drug-likeness (QED) is 0.180. The molecule has 0 aliphatic heterocycles. The second kappa shape index (κ2) is 9.99. The number of rotatable bonds is 3. The van der Waals surface area contributed by atoms with Crippen LogP contribution in [0.4, 0.5) is 4.39 Å². The van der Waals surface area contributed by atoms with E-state index in [9.17, 15) is 4.39 Å². The van der Waals surface area contributed by atoms with E-state index in [4.69, 9.17) is 0 Å². The number of halogens is 1. The molecule has 46 heavy (non-hydrogen) atoms. The Bertz CT molecular complexity index is 2500. The molecule has 0 nitrogen and oxygen atoms in total. The largest absolute Gasteiger partial charge is 0.207 e. The first-order valence-corrected chi connectivity index (χ1v) is 16.0. The standard InChI is InChI=1S/C45H31F/c1-45(2)41-14-8-7-11-35(41)36-23-20-33(27-42(36)45)44-38-13-6-5-12-37(38)43(29-17-21-34(46)22-18-29)39-24-19-32(26-40(39)44)31-16-15-28-9-3-4-10-30(28)25-31/h3-27H,1-2H3. The van der Waals surface area contributed by atoms with Crippen LogP contribution in [0.1, 0.15) is 25.0 Å². The van der Waals surface area contributed by atoms with Crippen molar-refractivity contribution < 1.29 is 4.39 Å². The van der Waals surface area contributed by atoms with Gasteiger partial charge in [0.15, 0.2) is 0 Å². The van der Waals surface area contributed by atoms with Gasteiger partial charge in [0.05, 0.1) is 0 Å². The predicted molar refractivity (Wildman–Crippen MR) is 193 cm³/mol. The fourth-order valence-corrected chi connectivity index (χ4v) is 7.83. The predicted octanol–water partition coefficient (Wildman–Crippen LogP) is 12.6. The summed E-state index contributed by atoms with van der Waals surface area (Å²) in [6.07, 6.45) is 0. The Labute approximate surface area is 268 Å². The summed E-state index contributed by atoms with van der Waals surface area (Å²) in [5, 5.41) is 7.17. The highest BCUT2D eigenvalue weighted by molar-refractivity contribution is 6.22. The van der Waals surface area contributed by atoms with Crippen molar-refractivity contribution in [3.8, 4) is 44.5 Å². The molecule has 218 valence electrons. The lowest BCUT2D eigenvalue weighted by Crippen LogP contribution is -2.14. The molecule has 8 aromatic carbocycles. The molecule has 0 amide bonds. The van der Waals surface area contributed by atoms with E-state index in [1.165, 1.54) is 66.1 Å². The van der Waals surface area contributed by atoms with Crippen molar-refractivity contribution in [1.29, 1.82) is 0 Å². The first kappa shape index (κ1) is 26.8. The molecular formula is C45H31F. The lowest BCUT2D eigenvalue weighted by Gasteiger charge is -2.23. The van der Waals surface area contributed by atoms with Gasteiger partial charge in [0.25, 0.3) is 0 Å². The molecule has 9 rings (SSSR count). The van der Waals surface area contributed by atoms with E-state index in [1.54, 1.807) is 12.1 Å². The van der Waals surface area contributed by atoms with Gasteiger partial charge in [0.1, 0.15) is 5.82 Å². The average Bonchev–Trinajstić information content (AvgIpc) is 3.33. The molecular weight excluding hydrogens is 559 g/mol. The first-order valence-electron chi connectivity index (χ1n) is 16.0. The molecule has 0 aromatic heterocycles. The van der Waals surface area contributed by atoms with Crippen molar-refractivity contribution in [2.75, 3.05) is 0 Å². The van der Waals surface area contributed by atoms with E-state index in [0.29, 0.717) is 0 Å². The zero-order valence-electron chi connectivity index (χ0n) is 25.8. The van der Waals surface area contributed by atoms with Gasteiger partial charge in [-0.3, -0.25) is 0 Å². The molecule has 1 aliphatic rings. The molecule has 0 heterocycles. The summed E-state index contributed by atoms with van der Waals surface area (Å²) >= 11 is 0. The topological polar surface area (TPSA) is 0 Å². The maximum atomic E-state index is 14.1. The summed E-state index contributed by atoms with van der Waals surface area (Å²) in [7, 11) is 0. The van der Waals surface area contributed by atoms with Crippen LogP contribution in [0, 0.1) is 5.82 Å². The lowest BCUT2D eigenvalue weighted by atomic mass is 9.80. The van der Waals surface area contributed by atoms with Crippen LogP contribution in [-0.4, -0.2) is 0 Å². The van der Waals surface area contributed by atoms with E-state index < -0.39 is 0 Å². The molecule has 0 unspecified atom stereocenters. The van der Waals surface area contributed by atoms with Gasteiger partial charge in [-0.1, -0.05) is 135 Å². The van der Waals surface area contributed by atoms with E-state index in [1.807, 2.05) is 12.1 Å². The second-order valence-corrected chi connectivity index (χ2v) is 13.1. The third-order valence-corrected chi connectivity index (χ3v) is 10.1. The molecule has 0 N–H and O–H groups in total. The van der Waals surface area contributed by atoms with Gasteiger partial charge < -0.3 is 0 Å². The number of hydrogen-bond acceptors (Lipinski definition) is 0. The van der Waals surface area contributed by atoms with Gasteiger partial charge in [0, 0.05) is 5.41 Å². The molecule has 0 atom stereocenters. The van der Waals surface area contributed by atoms with Crippen LogP contribution in [-0.2, 0) is 5.41 Å². The van der Waals surface area contributed by atoms with E-state index in [-0.39, 0.29) is 11.2 Å². The van der Waals surface area contributed by atoms with Gasteiger partial charge >= 0.3 is 0 Å². The fraction of sp³-hybridized carbons (Fsp3) is 0.0667. The van der Waals surface area contributed by atoms with Gasteiger partial charge in [0.2, 0.25) is 0 Å². The maximum Gasteiger partial charge on any atom is 0.123 e. The summed E-state index contributed by atoms with van der Waals surface area (Å²) in [6.45, 7) is 4.68. The fourth-order valence-electron chi connectivity index (χ4n) is 7.83. The first-order chi connectivity index (χ1) is 22.5. The Morgan fingerprint density at radius 1 is 0.391 bits per heavy atom. The SMILES string of the molecule is CC1(C)c2ccccc2-c2ccc(-c3c4ccccc4c(-c4ccc(F)cc4)c4ccc(-c5ccc6ccccc6c5)cc34)cc21. The van der Waals surface area contributed by atoms with Crippen molar-refractivity contribution >= 4 is 32.3 Å². The van der Waals surface area contributed by atoms with Crippen LogP contribution in [0.3, 0.4) is 0 Å². The smallest absolute Gasteiger partial charge is 0.123 e. The van der Waals surface area contributed by atoms with Crippen molar-refractivity contribution in [1.82, 2.24) is 0 Å². The van der Waals surface area contributed by atoms with Gasteiger partial charge in [-0.2, -0.15) is 0 Å². The summed E-state index contributed by atoms with van der Waals surface area (Å²) < 4.78 is 14.1. The molecule has 1 aliphatic carbocycles. The minimum absolute atomic E-state index is 0.0994. The van der Waals surface area contributed by atoms with Crippen LogP contribution in [0.5, 0.6) is 0 Å². The molecule has 0 fully saturated rings. The molecule has 0 saturated heterocycles. The third-order valence-electron chi connectivity index (χ3n) is 10.1. The van der Waals surface area contributed by atoms with E-state index >= 15 is 0 Å². The molecule has 1 heteroatoms. The molecule has 8 aromatic rings. The second-order valence-electron chi connectivity index (χ2n) is 13.1. The number of benzene rings is 8. The Kier molecular flexibility index (Phi) is 5.83. The van der Waals surface area contributed by atoms with Crippen molar-refractivity contribution in [2.45, 2.75) is 19.3 Å². The minimum Gasteiger partial charge on any atom is -0.207 e. The Morgan fingerprint density at radius 3 is 1.76 bits per heavy atom. The lowest BCUT2D eigenvalue weighted by molar-refractivity contribution is 0.628. The van der Waals surface area contributed by atoms with Crippen LogP contribution in [0.25, 0.3) is 76.8 Å². The van der Waals surface area contributed by atoms with E-state index in [2.05, 4.69) is 141 Å². The molecule has 0 radical (unpaired) electrons. The van der Waals surface area contributed by atoms with Crippen LogP contribution < -0.4 is 0 Å². The monoisotopic (exact) mass is 590 g/mol. The maximum absolute atomic E-state index is 14.1. The summed E-state index contributed by atoms with van der Waals surface area (Å²) in [5.74, 6) is -0.227. The van der Waals surface area contributed by atoms with Crippen LogP contribution in [0.15, 0.2) is 152 Å². The molecule has 0 bridgehead atoms. The van der Waals surface area contributed by atoms with Gasteiger partial charge in [-0.15, -0.1) is 0 Å². The van der Waals surface area contributed by atoms with Crippen LogP contribution in [0.2, 0.25) is 0 Å². The minimum atomic E-state index is -0.227. The van der Waals surface area contributed by atoms with Crippen molar-refractivity contribution in [3.63, 3.8) is 0 Å². The summed E-state index contributed by atoms with van der Waals surface area (Å²) in [6, 6.07) is 53.6. The number of fused-ring (bicyclic) bond motifs is 6. The zero-order valence-corrected chi connectivity index (χ0v) is 25.8. The normalized spacial score (nSPS) is 13.3. The van der Waals surface area contributed by atoms with Crippen LogP contribution >= 0.6 is 0 Å². The zero-order chi connectivity index (χ0) is 31.0. The number of hydrogen-bond donors (Lipinski definition) is 0. The average molecular weight is 591 g/mol. The molecule has 0 spiro atoms. The highest BCUT2D eigenvalue weighted by atomic mass is 19.1. The van der Waals surface area contributed by atoms with Gasteiger partial charge in [-0.05, 0) is 118 Å². The Balaban J connectivity index is 1.37. The van der Waals surface area contributed by atoms with E-state index in [0.717, 1.165) is 21.9 Å². The third kappa shape index (κ3) is 3.98. The Hall–Kier alpha value is -5.53. The Morgan fingerprint density at radius 2 is 0.957 bits per heavy atom. The summed E-state index contributed by atoms with van der Waals surface area (Å²) in [4.78, 5) is 0. The van der Waals surface area contributed by atoms with Gasteiger partial charge in [-0.25, -0.2) is 4.39 Å². The highest BCUT2D eigenvalue weighted by Crippen LogP contribution is 2.51. The molecule has 0 saturated carbocycles. The summed E-state index contributed by atoms with van der Waals surface area (Å²) in [5.41, 5.74) is 12.2. The highest BCUT2D eigenvalue weighted by Gasteiger charge is 2.35. The van der Waals surface area contributed by atoms with Crippen molar-refractivity contribution in [3.05, 3.63) is 169 Å². The van der Waals surface area contributed by atoms with Crippen molar-refractivity contribution in [2.24, 2.45) is 0 Å².